The SMILES string of the molecule is CCCCC(CC)CN(C)/C(O)=C(N=Nc1ccc(C)c(C)c1)\C(C)=C(\C#N)C=O. The first-order chi connectivity index (χ1) is 14.3. The van der Waals surface area contributed by atoms with Gasteiger partial charge in [-0.2, -0.15) is 10.4 Å². The lowest BCUT2D eigenvalue weighted by atomic mass is 9.99. The predicted molar refractivity (Wildman–Crippen MR) is 120 cm³/mol. The third-order valence-corrected chi connectivity index (χ3v) is 5.40. The molecule has 1 rings (SSSR count). The summed E-state index contributed by atoms with van der Waals surface area (Å²) in [5.74, 6) is 0.338. The van der Waals surface area contributed by atoms with Crippen molar-refractivity contribution < 1.29 is 9.90 Å². The van der Waals surface area contributed by atoms with E-state index in [1.807, 2.05) is 38.1 Å². The van der Waals surface area contributed by atoms with Gasteiger partial charge in [0, 0.05) is 19.2 Å². The number of benzene rings is 1. The number of hydrogen-bond donors (Lipinski definition) is 1. The fourth-order valence-electron chi connectivity index (χ4n) is 3.08. The van der Waals surface area contributed by atoms with Crippen molar-refractivity contribution >= 4 is 12.0 Å². The van der Waals surface area contributed by atoms with E-state index in [1.54, 1.807) is 18.9 Å². The molecule has 0 spiro atoms. The topological polar surface area (TPSA) is 89.0 Å². The molecule has 0 bridgehead atoms. The summed E-state index contributed by atoms with van der Waals surface area (Å²) in [6.45, 7) is 10.6. The first kappa shape index (κ1) is 25.1. The van der Waals surface area contributed by atoms with E-state index in [1.165, 1.54) is 0 Å². The number of rotatable bonds is 11. The highest BCUT2D eigenvalue weighted by molar-refractivity contribution is 5.81. The van der Waals surface area contributed by atoms with Crippen LogP contribution in [0, 0.1) is 31.1 Å². The second kappa shape index (κ2) is 12.6. The minimum Gasteiger partial charge on any atom is -0.493 e. The van der Waals surface area contributed by atoms with Crippen LogP contribution in [0.5, 0.6) is 0 Å². The number of hydrogen-bond acceptors (Lipinski definition) is 6. The molecular weight excluding hydrogens is 376 g/mol. The highest BCUT2D eigenvalue weighted by Crippen LogP contribution is 2.25. The van der Waals surface area contributed by atoms with Crippen LogP contribution >= 0.6 is 0 Å². The number of carbonyl (C=O) groups excluding carboxylic acids is 1. The van der Waals surface area contributed by atoms with Crippen molar-refractivity contribution in [3.63, 3.8) is 0 Å². The van der Waals surface area contributed by atoms with Gasteiger partial charge in [0.05, 0.1) is 11.3 Å². The Kier molecular flexibility index (Phi) is 10.5. The van der Waals surface area contributed by atoms with Crippen molar-refractivity contribution in [3.8, 4) is 6.07 Å². The number of nitriles is 1. The molecule has 0 aliphatic carbocycles. The number of aliphatic hydroxyl groups excluding tert-OH is 1. The zero-order chi connectivity index (χ0) is 22.7. The zero-order valence-electron chi connectivity index (χ0n) is 19.1. The van der Waals surface area contributed by atoms with Crippen LogP contribution in [0.1, 0.15) is 57.6 Å². The van der Waals surface area contributed by atoms with E-state index in [4.69, 9.17) is 0 Å². The zero-order valence-corrected chi connectivity index (χ0v) is 19.1. The lowest BCUT2D eigenvalue weighted by Crippen LogP contribution is -2.26. The lowest BCUT2D eigenvalue weighted by molar-refractivity contribution is -0.104. The minimum absolute atomic E-state index is 0.0815. The number of aryl methyl sites for hydroxylation is 2. The van der Waals surface area contributed by atoms with Crippen LogP contribution in [-0.4, -0.2) is 29.9 Å². The molecule has 0 saturated heterocycles. The van der Waals surface area contributed by atoms with Gasteiger partial charge in [-0.15, -0.1) is 5.11 Å². The number of unbranched alkanes of at least 4 members (excludes halogenated alkanes) is 1. The summed E-state index contributed by atoms with van der Waals surface area (Å²) < 4.78 is 0. The van der Waals surface area contributed by atoms with Gasteiger partial charge in [-0.05, 0) is 56.4 Å². The van der Waals surface area contributed by atoms with Crippen molar-refractivity contribution in [2.45, 2.75) is 60.3 Å². The van der Waals surface area contributed by atoms with Crippen LogP contribution in [0.4, 0.5) is 5.69 Å². The molecule has 162 valence electrons. The molecule has 6 nitrogen and oxygen atoms in total. The normalized spacial score (nSPS) is 14.0. The standard InChI is InChI=1S/C24H34N4O2/c1-7-9-10-20(8-2)15-28(6)24(30)23(19(5)21(14-25)16-29)27-26-22-12-11-17(3)18(4)13-22/h11-13,16,20,30H,7-10,15H2,1-6H3/b21-19-,24-23-,27-26?. The molecule has 0 amide bonds. The number of nitrogens with zero attached hydrogens (tertiary/aromatic N) is 4. The van der Waals surface area contributed by atoms with Crippen molar-refractivity contribution in [1.82, 2.24) is 4.90 Å². The van der Waals surface area contributed by atoms with Gasteiger partial charge in [-0.25, -0.2) is 0 Å². The van der Waals surface area contributed by atoms with Gasteiger partial charge in [0.25, 0.3) is 0 Å². The molecule has 0 saturated carbocycles. The van der Waals surface area contributed by atoms with Gasteiger partial charge < -0.3 is 10.0 Å². The van der Waals surface area contributed by atoms with Crippen LogP contribution in [0.3, 0.4) is 0 Å². The average molecular weight is 411 g/mol. The first-order valence-corrected chi connectivity index (χ1v) is 10.5. The summed E-state index contributed by atoms with van der Waals surface area (Å²) in [7, 11) is 1.79. The molecule has 0 heterocycles. The molecule has 0 aliphatic heterocycles. The second-order valence-corrected chi connectivity index (χ2v) is 7.71. The van der Waals surface area contributed by atoms with E-state index in [-0.39, 0.29) is 17.2 Å². The number of aldehydes is 1. The molecule has 30 heavy (non-hydrogen) atoms. The summed E-state index contributed by atoms with van der Waals surface area (Å²) >= 11 is 0. The molecule has 1 N–H and O–H groups in total. The molecule has 0 radical (unpaired) electrons. The largest absolute Gasteiger partial charge is 0.493 e. The third kappa shape index (κ3) is 7.14. The van der Waals surface area contributed by atoms with Crippen molar-refractivity contribution in [3.05, 3.63) is 52.1 Å². The Morgan fingerprint density at radius 1 is 1.30 bits per heavy atom. The Morgan fingerprint density at radius 3 is 2.53 bits per heavy atom. The van der Waals surface area contributed by atoms with E-state index in [0.29, 0.717) is 30.0 Å². The van der Waals surface area contributed by atoms with Gasteiger partial charge >= 0.3 is 0 Å². The molecule has 0 aromatic heterocycles. The number of carbonyl (C=O) groups is 1. The first-order valence-electron chi connectivity index (χ1n) is 10.5. The number of aliphatic hydroxyl groups is 1. The number of allylic oxidation sites excluding steroid dienone is 2. The van der Waals surface area contributed by atoms with Gasteiger partial charge in [0.15, 0.2) is 6.29 Å². The van der Waals surface area contributed by atoms with E-state index in [9.17, 15) is 15.2 Å². The van der Waals surface area contributed by atoms with Crippen molar-refractivity contribution in [2.24, 2.45) is 16.1 Å². The Bertz CT molecular complexity index is 862. The number of azo groups is 1. The Hall–Kier alpha value is -2.94. The Balaban J connectivity index is 3.35. The summed E-state index contributed by atoms with van der Waals surface area (Å²) in [4.78, 5) is 13.0. The van der Waals surface area contributed by atoms with E-state index < -0.39 is 0 Å². The summed E-state index contributed by atoms with van der Waals surface area (Å²) in [5.41, 5.74) is 3.21. The van der Waals surface area contributed by atoms with E-state index in [0.717, 1.165) is 36.8 Å². The molecule has 1 aromatic carbocycles. The Labute approximate surface area is 180 Å². The summed E-state index contributed by atoms with van der Waals surface area (Å²) in [6, 6.07) is 7.56. The second-order valence-electron chi connectivity index (χ2n) is 7.71. The van der Waals surface area contributed by atoms with E-state index in [2.05, 4.69) is 24.1 Å². The highest BCUT2D eigenvalue weighted by atomic mass is 16.3. The maximum Gasteiger partial charge on any atom is 0.215 e. The molecular formula is C24H34N4O2. The molecule has 0 fully saturated rings. The maximum atomic E-state index is 11.3. The molecule has 1 aromatic rings. The van der Waals surface area contributed by atoms with Gasteiger partial charge in [0.1, 0.15) is 11.8 Å². The molecule has 0 aliphatic rings. The third-order valence-electron chi connectivity index (χ3n) is 5.40. The Morgan fingerprint density at radius 2 is 2.00 bits per heavy atom. The highest BCUT2D eigenvalue weighted by Gasteiger charge is 2.18. The summed E-state index contributed by atoms with van der Waals surface area (Å²) in [5, 5.41) is 28.7. The van der Waals surface area contributed by atoms with Crippen molar-refractivity contribution in [2.75, 3.05) is 13.6 Å². The van der Waals surface area contributed by atoms with Crippen LogP contribution in [0.15, 0.2) is 51.2 Å². The molecule has 1 unspecified atom stereocenters. The lowest BCUT2D eigenvalue weighted by Gasteiger charge is -2.25. The fourth-order valence-corrected chi connectivity index (χ4v) is 3.08. The van der Waals surface area contributed by atoms with Crippen LogP contribution < -0.4 is 0 Å². The average Bonchev–Trinajstić information content (AvgIpc) is 2.74. The van der Waals surface area contributed by atoms with Crippen LogP contribution in [-0.2, 0) is 4.79 Å². The maximum absolute atomic E-state index is 11.3. The fraction of sp³-hybridized carbons (Fsp3) is 0.500. The van der Waals surface area contributed by atoms with Crippen LogP contribution in [0.25, 0.3) is 0 Å². The minimum atomic E-state index is -0.0929. The van der Waals surface area contributed by atoms with Gasteiger partial charge in [0.2, 0.25) is 5.88 Å². The quantitative estimate of drug-likeness (QED) is 0.116. The van der Waals surface area contributed by atoms with Gasteiger partial charge in [-0.3, -0.25) is 4.79 Å². The van der Waals surface area contributed by atoms with Crippen molar-refractivity contribution in [1.29, 1.82) is 5.26 Å². The van der Waals surface area contributed by atoms with E-state index >= 15 is 0 Å². The monoisotopic (exact) mass is 410 g/mol. The molecule has 1 atom stereocenters. The van der Waals surface area contributed by atoms with Gasteiger partial charge in [-0.1, -0.05) is 39.2 Å². The van der Waals surface area contributed by atoms with Crippen LogP contribution in [0.2, 0.25) is 0 Å². The molecule has 6 heteroatoms. The predicted octanol–water partition coefficient (Wildman–Crippen LogP) is 6.30. The summed E-state index contributed by atoms with van der Waals surface area (Å²) in [6.07, 6.45) is 4.83. The smallest absolute Gasteiger partial charge is 0.215 e.